The molecule has 0 heterocycles. The van der Waals surface area contributed by atoms with Gasteiger partial charge in [0.05, 0.1) is 0 Å². The summed E-state index contributed by atoms with van der Waals surface area (Å²) in [5.41, 5.74) is 0. The van der Waals surface area contributed by atoms with E-state index in [-0.39, 0.29) is 0 Å². The Morgan fingerprint density at radius 3 is 1.40 bits per heavy atom. The van der Waals surface area contributed by atoms with Crippen molar-refractivity contribution in [2.24, 2.45) is 0 Å². The van der Waals surface area contributed by atoms with Crippen LogP contribution in [0.1, 0.15) is 0 Å². The summed E-state index contributed by atoms with van der Waals surface area (Å²) in [6, 6.07) is 0. The molecule has 0 rings (SSSR count). The standard InChI is InChI=1S/F2N2O3S3/c1-8(5)3-10(7)4-9(2)6/q-2. The van der Waals surface area contributed by atoms with E-state index < -0.39 is 33.9 Å². The molecule has 10 heavy (non-hydrogen) atoms. The molecular weight excluding hydrogens is 210 g/mol. The third-order valence-corrected chi connectivity index (χ3v) is 2.20. The molecule has 0 aromatic heterocycles. The molecule has 0 spiro atoms. The molecule has 0 saturated heterocycles. The largest absolute Gasteiger partial charge is 0.479 e. The van der Waals surface area contributed by atoms with Crippen LogP contribution in [-0.4, -0.2) is 12.6 Å². The Labute approximate surface area is 63.1 Å². The summed E-state index contributed by atoms with van der Waals surface area (Å²) in [6.07, 6.45) is 0. The molecule has 0 bridgehead atoms. The Kier molecular flexibility index (Phi) is 5.07. The van der Waals surface area contributed by atoms with Gasteiger partial charge in [0.1, 0.15) is 22.7 Å². The van der Waals surface area contributed by atoms with Crippen molar-refractivity contribution in [3.8, 4) is 0 Å². The number of rotatable bonds is 4. The fourth-order valence-corrected chi connectivity index (χ4v) is 1.27. The van der Waals surface area contributed by atoms with E-state index >= 15 is 0 Å². The molecule has 0 N–H and O–H groups in total. The van der Waals surface area contributed by atoms with Gasteiger partial charge < -0.3 is 12.5 Å². The van der Waals surface area contributed by atoms with Gasteiger partial charge in [-0.15, -0.1) is 0 Å². The topological polar surface area (TPSA) is 79.4 Å². The van der Waals surface area contributed by atoms with Crippen molar-refractivity contribution in [1.82, 2.24) is 0 Å². The van der Waals surface area contributed by atoms with Crippen molar-refractivity contribution in [2.45, 2.75) is 0 Å². The Bertz CT molecular complexity index is 163. The van der Waals surface area contributed by atoms with Crippen LogP contribution in [0.4, 0.5) is 7.77 Å². The summed E-state index contributed by atoms with van der Waals surface area (Å²) in [4.78, 5) is 0. The van der Waals surface area contributed by atoms with E-state index in [1.165, 1.54) is 0 Å². The van der Waals surface area contributed by atoms with Crippen LogP contribution in [0.3, 0.4) is 0 Å². The average molecular weight is 210 g/mol. The zero-order valence-corrected chi connectivity index (χ0v) is 6.55. The quantitative estimate of drug-likeness (QED) is 0.630. The zero-order chi connectivity index (χ0) is 8.15. The molecule has 62 valence electrons. The molecular formula is F2N2O3S3-2. The van der Waals surface area contributed by atoms with Gasteiger partial charge in [0.2, 0.25) is 0 Å². The van der Waals surface area contributed by atoms with Crippen molar-refractivity contribution < 1.29 is 20.4 Å². The predicted molar refractivity (Wildman–Crippen MR) is 33.4 cm³/mol. The Balaban J connectivity index is 3.65. The maximum atomic E-state index is 11.2. The van der Waals surface area contributed by atoms with Crippen molar-refractivity contribution in [1.29, 1.82) is 0 Å². The SMILES string of the molecule is O=S(F)[N-]S(=O)[N-]S(=O)F. The van der Waals surface area contributed by atoms with Crippen molar-refractivity contribution in [2.75, 3.05) is 0 Å². The van der Waals surface area contributed by atoms with Gasteiger partial charge >= 0.3 is 0 Å². The van der Waals surface area contributed by atoms with E-state index in [0.29, 0.717) is 0 Å². The number of nitrogens with zero attached hydrogens (tertiary/aromatic N) is 2. The fourth-order valence-electron chi connectivity index (χ4n) is 0.114. The van der Waals surface area contributed by atoms with Crippen LogP contribution in [0.2, 0.25) is 0 Å². The average Bonchev–Trinajstić information content (AvgIpc) is 1.58. The lowest BCUT2D eigenvalue weighted by Crippen LogP contribution is -1.88. The molecule has 0 saturated carbocycles. The monoisotopic (exact) mass is 210 g/mol. The molecule has 0 amide bonds. The van der Waals surface area contributed by atoms with E-state index in [0.717, 1.165) is 0 Å². The third-order valence-electron chi connectivity index (χ3n) is 0.245. The normalized spacial score (nSPS) is 19.8. The number of hydrogen-bond acceptors (Lipinski definition) is 3. The molecule has 2 atom stereocenters. The second kappa shape index (κ2) is 4.96. The summed E-state index contributed by atoms with van der Waals surface area (Å²) >= 11 is -9.04. The second-order valence-electron chi connectivity index (χ2n) is 0.793. The van der Waals surface area contributed by atoms with E-state index in [2.05, 4.69) is 8.25 Å². The van der Waals surface area contributed by atoms with E-state index in [1.807, 2.05) is 0 Å². The predicted octanol–water partition coefficient (Wildman–Crippen LogP) is 0.409. The molecule has 2 unspecified atom stereocenters. The van der Waals surface area contributed by atoms with Crippen molar-refractivity contribution in [3.63, 3.8) is 0 Å². The van der Waals surface area contributed by atoms with Crippen LogP contribution in [-0.2, 0) is 33.9 Å². The Hall–Kier alpha value is 0.230. The Morgan fingerprint density at radius 2 is 1.20 bits per heavy atom. The smallest absolute Gasteiger partial charge is 0.112 e. The van der Waals surface area contributed by atoms with Gasteiger partial charge in [-0.25, -0.2) is 8.42 Å². The maximum absolute atomic E-state index is 11.2. The molecule has 0 radical (unpaired) electrons. The molecule has 5 nitrogen and oxygen atoms in total. The van der Waals surface area contributed by atoms with Crippen LogP contribution in [0.25, 0.3) is 8.25 Å². The minimum atomic E-state index is -3.18. The first-order valence-electron chi connectivity index (χ1n) is 1.54. The highest BCUT2D eigenvalue weighted by atomic mass is 32.3. The lowest BCUT2D eigenvalue weighted by atomic mass is 13.8. The first kappa shape index (κ1) is 10.2. The molecule has 0 aliphatic heterocycles. The van der Waals surface area contributed by atoms with Crippen LogP contribution in [0.5, 0.6) is 0 Å². The second-order valence-corrected chi connectivity index (χ2v) is 3.27. The van der Waals surface area contributed by atoms with E-state index in [1.54, 1.807) is 0 Å². The van der Waals surface area contributed by atoms with Gasteiger partial charge in [-0.3, -0.25) is 0 Å². The molecule has 10 heteroatoms. The molecule has 0 aromatic rings. The summed E-state index contributed by atoms with van der Waals surface area (Å²) in [7, 11) is 0. The van der Waals surface area contributed by atoms with Gasteiger partial charge in [0.15, 0.2) is 0 Å². The zero-order valence-electron chi connectivity index (χ0n) is 4.10. The lowest BCUT2D eigenvalue weighted by Gasteiger charge is -2.22. The van der Waals surface area contributed by atoms with Crippen LogP contribution >= 0.6 is 0 Å². The highest BCUT2D eigenvalue weighted by Gasteiger charge is 1.79. The van der Waals surface area contributed by atoms with Crippen LogP contribution in [0, 0.1) is 0 Å². The number of hydrogen-bond donors (Lipinski definition) is 0. The molecule has 0 aliphatic carbocycles. The minimum Gasteiger partial charge on any atom is -0.479 e. The fraction of sp³-hybridized carbons (Fsp3) is 0. The van der Waals surface area contributed by atoms with Gasteiger partial charge in [-0.1, -0.05) is 0 Å². The highest BCUT2D eigenvalue weighted by molar-refractivity contribution is 8.12. The van der Waals surface area contributed by atoms with Gasteiger partial charge in [-0.2, -0.15) is 18.9 Å². The first-order chi connectivity index (χ1) is 4.52. The van der Waals surface area contributed by atoms with E-state index in [9.17, 15) is 20.4 Å². The molecule has 0 fully saturated rings. The van der Waals surface area contributed by atoms with Crippen molar-refractivity contribution in [3.05, 3.63) is 8.25 Å². The van der Waals surface area contributed by atoms with Gasteiger partial charge in [0, 0.05) is 0 Å². The summed E-state index contributed by atoms with van der Waals surface area (Å²) in [5.74, 6) is 0. The van der Waals surface area contributed by atoms with Crippen LogP contribution < -0.4 is 0 Å². The maximum Gasteiger partial charge on any atom is 0.112 e. The summed E-state index contributed by atoms with van der Waals surface area (Å²) in [6.45, 7) is 0. The Morgan fingerprint density at radius 1 is 0.900 bits per heavy atom. The van der Waals surface area contributed by atoms with Gasteiger partial charge in [-0.05, 0) is 0 Å². The summed E-state index contributed by atoms with van der Waals surface area (Å²) in [5, 5.41) is 0. The third kappa shape index (κ3) is 6.35. The van der Waals surface area contributed by atoms with E-state index in [4.69, 9.17) is 0 Å². The molecule has 0 aromatic carbocycles. The number of halogens is 2. The van der Waals surface area contributed by atoms with Crippen molar-refractivity contribution >= 4 is 33.9 Å². The summed E-state index contributed by atoms with van der Waals surface area (Å²) < 4.78 is 55.7. The van der Waals surface area contributed by atoms with Crippen LogP contribution in [0.15, 0.2) is 0 Å². The minimum absolute atomic E-state index is 2.20. The highest BCUT2D eigenvalue weighted by Crippen LogP contribution is 2.11. The lowest BCUT2D eigenvalue weighted by molar-refractivity contribution is 0.655. The first-order valence-corrected chi connectivity index (χ1v) is 4.62. The molecule has 0 aliphatic rings. The van der Waals surface area contributed by atoms with Gasteiger partial charge in [0.25, 0.3) is 0 Å².